The molecule has 0 aliphatic rings. The zero-order valence-electron chi connectivity index (χ0n) is 17.5. The average molecular weight is 499 g/mol. The smallest absolute Gasteiger partial charge is 0.262 e. The van der Waals surface area contributed by atoms with Gasteiger partial charge in [-0.2, -0.15) is 0 Å². The Bertz CT molecular complexity index is 1060. The molecule has 2 N–H and O–H groups in total. The van der Waals surface area contributed by atoms with Crippen LogP contribution in [0.15, 0.2) is 77.3 Å². The second-order valence-corrected chi connectivity index (χ2v) is 7.58. The van der Waals surface area contributed by atoms with Crippen LogP contribution in [0.3, 0.4) is 0 Å². The number of methoxy groups -OCH3 is 1. The van der Waals surface area contributed by atoms with Gasteiger partial charge in [0, 0.05) is 23.0 Å². The highest BCUT2D eigenvalue weighted by Gasteiger charge is 2.14. The minimum Gasteiger partial charge on any atom is -0.490 e. The molecule has 0 fully saturated rings. The highest BCUT2D eigenvalue weighted by atomic mass is 79.9. The van der Waals surface area contributed by atoms with Crippen molar-refractivity contribution in [2.24, 2.45) is 0 Å². The maximum absolute atomic E-state index is 12.9. The van der Waals surface area contributed by atoms with E-state index in [1.807, 2.05) is 18.2 Å². The van der Waals surface area contributed by atoms with Gasteiger partial charge in [0.05, 0.1) is 12.2 Å². The van der Waals surface area contributed by atoms with Crippen LogP contribution in [0.5, 0.6) is 11.5 Å². The van der Waals surface area contributed by atoms with E-state index in [0.717, 1.165) is 4.47 Å². The van der Waals surface area contributed by atoms with Crippen LogP contribution in [0.1, 0.15) is 10.4 Å². The summed E-state index contributed by atoms with van der Waals surface area (Å²) >= 11 is 3.38. The molecule has 0 saturated heterocycles. The van der Waals surface area contributed by atoms with Crippen LogP contribution < -0.4 is 20.1 Å². The van der Waals surface area contributed by atoms with E-state index < -0.39 is 0 Å². The van der Waals surface area contributed by atoms with E-state index in [1.165, 1.54) is 0 Å². The van der Waals surface area contributed by atoms with Gasteiger partial charge in [0.25, 0.3) is 11.8 Å². The molecule has 166 valence electrons. The molecule has 2 amide bonds. The highest BCUT2D eigenvalue weighted by Crippen LogP contribution is 2.25. The molecule has 3 aromatic carbocycles. The molecule has 0 aliphatic heterocycles. The Balaban J connectivity index is 1.62. The molecule has 0 spiro atoms. The van der Waals surface area contributed by atoms with E-state index in [2.05, 4.69) is 26.6 Å². The normalized spacial score (nSPS) is 10.3. The number of carbonyl (C=O) groups excluding carboxylic acids is 2. The minimum atomic E-state index is -0.338. The molecule has 0 saturated carbocycles. The van der Waals surface area contributed by atoms with E-state index in [0.29, 0.717) is 41.7 Å². The lowest BCUT2D eigenvalue weighted by molar-refractivity contribution is -0.118. The third-order valence-electron chi connectivity index (χ3n) is 4.25. The summed E-state index contributed by atoms with van der Waals surface area (Å²) in [5.74, 6) is 0.416. The molecular formula is C24H23BrN2O5. The van der Waals surface area contributed by atoms with Crippen LogP contribution in [0.4, 0.5) is 11.4 Å². The van der Waals surface area contributed by atoms with Crippen LogP contribution >= 0.6 is 15.9 Å². The number of amides is 2. The van der Waals surface area contributed by atoms with Crippen molar-refractivity contribution in [1.82, 2.24) is 0 Å². The topological polar surface area (TPSA) is 85.9 Å². The number of benzene rings is 3. The summed E-state index contributed by atoms with van der Waals surface area (Å²) in [6.45, 7) is 0.610. The van der Waals surface area contributed by atoms with Gasteiger partial charge >= 0.3 is 0 Å². The van der Waals surface area contributed by atoms with Gasteiger partial charge in [-0.05, 0) is 48.5 Å². The first kappa shape index (κ1) is 23.3. The van der Waals surface area contributed by atoms with Crippen LogP contribution in [0.25, 0.3) is 0 Å². The quantitative estimate of drug-likeness (QED) is 0.394. The first-order valence-corrected chi connectivity index (χ1v) is 10.6. The number of ether oxygens (including phenoxy) is 3. The van der Waals surface area contributed by atoms with Crippen LogP contribution in [0.2, 0.25) is 0 Å². The summed E-state index contributed by atoms with van der Waals surface area (Å²) in [6.07, 6.45) is 0. The van der Waals surface area contributed by atoms with Crippen LogP contribution in [-0.2, 0) is 9.53 Å². The number of nitrogens with one attached hydrogen (secondary N) is 2. The van der Waals surface area contributed by atoms with E-state index in [9.17, 15) is 9.59 Å². The summed E-state index contributed by atoms with van der Waals surface area (Å²) in [6, 6.07) is 21.2. The predicted molar refractivity (Wildman–Crippen MR) is 126 cm³/mol. The Morgan fingerprint density at radius 3 is 2.34 bits per heavy atom. The van der Waals surface area contributed by atoms with Gasteiger partial charge in [0.2, 0.25) is 0 Å². The zero-order valence-corrected chi connectivity index (χ0v) is 19.1. The van der Waals surface area contributed by atoms with Gasteiger partial charge < -0.3 is 24.8 Å². The fourth-order valence-corrected chi connectivity index (χ4v) is 3.14. The summed E-state index contributed by atoms with van der Waals surface area (Å²) in [5.41, 5.74) is 1.44. The maximum Gasteiger partial charge on any atom is 0.262 e. The van der Waals surface area contributed by atoms with Gasteiger partial charge in [0.15, 0.2) is 6.61 Å². The van der Waals surface area contributed by atoms with Gasteiger partial charge in [-0.25, -0.2) is 0 Å². The number of hydrogen-bond acceptors (Lipinski definition) is 5. The molecule has 0 radical (unpaired) electrons. The van der Waals surface area contributed by atoms with E-state index >= 15 is 0 Å². The Kier molecular flexibility index (Phi) is 8.65. The van der Waals surface area contributed by atoms with Gasteiger partial charge in [-0.1, -0.05) is 40.2 Å². The third kappa shape index (κ3) is 7.11. The van der Waals surface area contributed by atoms with E-state index in [-0.39, 0.29) is 18.4 Å². The number of carbonyl (C=O) groups is 2. The molecule has 0 heterocycles. The minimum absolute atomic E-state index is 0.124. The number of anilines is 2. The Labute approximate surface area is 194 Å². The highest BCUT2D eigenvalue weighted by molar-refractivity contribution is 9.10. The molecule has 3 rings (SSSR count). The fraction of sp³-hybridized carbons (Fsp3) is 0.167. The van der Waals surface area contributed by atoms with Crippen LogP contribution in [-0.4, -0.2) is 38.7 Å². The first-order chi connectivity index (χ1) is 15.5. The standard InChI is InChI=1S/C24H23BrN2O5/c1-30-12-13-31-22-11-10-17(25)14-21(22)24(29)27-19-7-5-6-18(15-19)26-23(28)16-32-20-8-3-2-4-9-20/h2-11,14-15H,12-13,16H2,1H3,(H,26,28)(H,27,29). The molecule has 0 aromatic heterocycles. The van der Waals surface area contributed by atoms with Crippen molar-refractivity contribution in [2.45, 2.75) is 0 Å². The Morgan fingerprint density at radius 1 is 0.844 bits per heavy atom. The number of halogens is 1. The second kappa shape index (κ2) is 11.9. The predicted octanol–water partition coefficient (Wildman–Crippen LogP) is 4.74. The monoisotopic (exact) mass is 498 g/mol. The molecule has 8 heteroatoms. The lowest BCUT2D eigenvalue weighted by Gasteiger charge is -2.13. The zero-order chi connectivity index (χ0) is 22.8. The SMILES string of the molecule is COCCOc1ccc(Br)cc1C(=O)Nc1cccc(NC(=O)COc2ccccc2)c1. The molecular weight excluding hydrogens is 476 g/mol. The lowest BCUT2D eigenvalue weighted by Crippen LogP contribution is -2.20. The van der Waals surface area contributed by atoms with Gasteiger partial charge in [-0.3, -0.25) is 9.59 Å². The molecule has 32 heavy (non-hydrogen) atoms. The first-order valence-electron chi connectivity index (χ1n) is 9.85. The van der Waals surface area contributed by atoms with Crippen molar-refractivity contribution in [3.63, 3.8) is 0 Å². The summed E-state index contributed by atoms with van der Waals surface area (Å²) < 4.78 is 16.8. The average Bonchev–Trinajstić information content (AvgIpc) is 2.79. The van der Waals surface area contributed by atoms with Crippen molar-refractivity contribution >= 4 is 39.1 Å². The van der Waals surface area contributed by atoms with Crippen molar-refractivity contribution in [2.75, 3.05) is 37.6 Å². The van der Waals surface area contributed by atoms with E-state index in [4.69, 9.17) is 14.2 Å². The molecule has 0 bridgehead atoms. The van der Waals surface area contributed by atoms with E-state index in [1.54, 1.807) is 61.7 Å². The molecule has 3 aromatic rings. The molecule has 0 atom stereocenters. The summed E-state index contributed by atoms with van der Waals surface area (Å²) in [5, 5.41) is 5.59. The Morgan fingerprint density at radius 2 is 1.59 bits per heavy atom. The molecule has 0 unspecified atom stereocenters. The number of rotatable bonds is 10. The van der Waals surface area contributed by atoms with Gasteiger partial charge in [-0.15, -0.1) is 0 Å². The van der Waals surface area contributed by atoms with Gasteiger partial charge in [0.1, 0.15) is 18.1 Å². The fourth-order valence-electron chi connectivity index (χ4n) is 2.78. The summed E-state index contributed by atoms with van der Waals surface area (Å²) in [4.78, 5) is 25.1. The second-order valence-electron chi connectivity index (χ2n) is 6.67. The van der Waals surface area contributed by atoms with Crippen molar-refractivity contribution in [3.8, 4) is 11.5 Å². The molecule has 7 nitrogen and oxygen atoms in total. The van der Waals surface area contributed by atoms with Crippen molar-refractivity contribution in [3.05, 3.63) is 82.8 Å². The number of para-hydroxylation sites is 1. The largest absolute Gasteiger partial charge is 0.490 e. The van der Waals surface area contributed by atoms with Crippen LogP contribution in [0, 0.1) is 0 Å². The van der Waals surface area contributed by atoms with Crippen molar-refractivity contribution < 1.29 is 23.8 Å². The Hall–Kier alpha value is -3.36. The maximum atomic E-state index is 12.9. The third-order valence-corrected chi connectivity index (χ3v) is 4.74. The summed E-state index contributed by atoms with van der Waals surface area (Å²) in [7, 11) is 1.58. The van der Waals surface area contributed by atoms with Crippen molar-refractivity contribution in [1.29, 1.82) is 0 Å². The molecule has 0 aliphatic carbocycles. The number of hydrogen-bond donors (Lipinski definition) is 2. The lowest BCUT2D eigenvalue weighted by atomic mass is 10.1.